The Morgan fingerprint density at radius 1 is 0.778 bits per heavy atom. The number of benzene rings is 3. The van der Waals surface area contributed by atoms with E-state index in [4.69, 9.17) is 18.9 Å². The number of hydrogen-bond donors (Lipinski definition) is 0. The molecule has 3 saturated heterocycles. The minimum Gasteiger partial charge on any atom is -0.350 e. The maximum Gasteiger partial charge on any atom is 0.190 e. The lowest BCUT2D eigenvalue weighted by Crippen LogP contribution is -2.54. The summed E-state index contributed by atoms with van der Waals surface area (Å²) in [5.74, 6) is -0.665. The molecule has 5 atom stereocenters. The van der Waals surface area contributed by atoms with Crippen molar-refractivity contribution in [1.29, 1.82) is 0 Å². The third-order valence-corrected chi connectivity index (χ3v) is 9.72. The minimum atomic E-state index is -0.764. The molecule has 0 N–H and O–H groups in total. The van der Waals surface area contributed by atoms with Crippen LogP contribution in [0.2, 0.25) is 0 Å². The zero-order valence-corrected chi connectivity index (χ0v) is 22.2. The largest absolute Gasteiger partial charge is 0.350 e. The van der Waals surface area contributed by atoms with E-state index in [-0.39, 0.29) is 36.9 Å². The van der Waals surface area contributed by atoms with Crippen LogP contribution in [0.5, 0.6) is 0 Å². The molecule has 5 nitrogen and oxygen atoms in total. The van der Waals surface area contributed by atoms with Gasteiger partial charge in [0.2, 0.25) is 0 Å². The first-order valence-corrected chi connectivity index (χ1v) is 14.2. The molecule has 0 aromatic heterocycles. The van der Waals surface area contributed by atoms with Crippen molar-refractivity contribution in [1.82, 2.24) is 4.90 Å². The fourth-order valence-corrected chi connectivity index (χ4v) is 8.08. The van der Waals surface area contributed by atoms with Gasteiger partial charge in [-0.15, -0.1) is 0 Å². The van der Waals surface area contributed by atoms with E-state index in [1.807, 2.05) is 13.8 Å². The van der Waals surface area contributed by atoms with E-state index in [0.29, 0.717) is 0 Å². The number of fused-ring (bicyclic) bond motifs is 3. The van der Waals surface area contributed by atoms with Gasteiger partial charge in [0.25, 0.3) is 0 Å². The van der Waals surface area contributed by atoms with Crippen LogP contribution in [0.4, 0.5) is 0 Å². The van der Waals surface area contributed by atoms with E-state index < -0.39 is 13.7 Å². The minimum absolute atomic E-state index is 0.0772. The second kappa shape index (κ2) is 9.64. The quantitative estimate of drug-likeness (QED) is 0.482. The summed E-state index contributed by atoms with van der Waals surface area (Å²) in [5.41, 5.74) is 1.21. The van der Waals surface area contributed by atoms with Gasteiger partial charge in [-0.05, 0) is 51.5 Å². The molecule has 0 bridgehead atoms. The summed E-state index contributed by atoms with van der Waals surface area (Å²) in [6.07, 6.45) is -1.06. The molecule has 3 heterocycles. The zero-order valence-electron chi connectivity index (χ0n) is 21.3. The Kier molecular flexibility index (Phi) is 6.49. The molecular weight excluding hydrogens is 469 g/mol. The predicted octanol–water partition coefficient (Wildman–Crippen LogP) is 4.43. The summed E-state index contributed by atoms with van der Waals surface area (Å²) >= 11 is 0. The lowest BCUT2D eigenvalue weighted by molar-refractivity contribution is -0.254. The van der Waals surface area contributed by atoms with Crippen LogP contribution in [-0.4, -0.2) is 47.9 Å². The van der Waals surface area contributed by atoms with Gasteiger partial charge < -0.3 is 18.9 Å². The van der Waals surface area contributed by atoms with Crippen LogP contribution >= 0.6 is 7.92 Å². The second-order valence-corrected chi connectivity index (χ2v) is 12.6. The Morgan fingerprint density at radius 2 is 1.39 bits per heavy atom. The Labute approximate surface area is 215 Å². The molecule has 6 rings (SSSR count). The van der Waals surface area contributed by atoms with Crippen LogP contribution in [0, 0.1) is 0 Å². The molecule has 36 heavy (non-hydrogen) atoms. The van der Waals surface area contributed by atoms with Crippen LogP contribution in [0.25, 0.3) is 0 Å². The lowest BCUT2D eigenvalue weighted by Gasteiger charge is -2.45. The summed E-state index contributed by atoms with van der Waals surface area (Å²) in [5, 5.41) is 3.97. The van der Waals surface area contributed by atoms with Gasteiger partial charge in [0.15, 0.2) is 12.1 Å². The van der Waals surface area contributed by atoms with Crippen LogP contribution in [0.1, 0.15) is 39.5 Å². The molecule has 3 aromatic rings. The lowest BCUT2D eigenvalue weighted by atomic mass is 10.0. The first-order chi connectivity index (χ1) is 17.4. The number of nitrogens with zero attached hydrogens (tertiary/aromatic N) is 1. The summed E-state index contributed by atoms with van der Waals surface area (Å²) in [6, 6.07) is 30.8. The van der Waals surface area contributed by atoms with Gasteiger partial charge in [-0.25, -0.2) is 0 Å². The van der Waals surface area contributed by atoms with E-state index in [0.717, 1.165) is 6.54 Å². The first kappa shape index (κ1) is 24.2. The van der Waals surface area contributed by atoms with Gasteiger partial charge in [-0.2, -0.15) is 0 Å². The van der Waals surface area contributed by atoms with Gasteiger partial charge in [0, 0.05) is 18.2 Å². The Balaban J connectivity index is 1.42. The van der Waals surface area contributed by atoms with E-state index in [2.05, 4.69) is 104 Å². The van der Waals surface area contributed by atoms with Crippen molar-refractivity contribution >= 4 is 23.8 Å². The Hall–Kier alpha value is -2.11. The standard InChI is InChI=1S/C30H34NO4P/c1-20(2)31-19-24-26(27-29(32-24)35-30(3,4)34-27)33-28(31)23-17-11-12-18-25(23)36(21-13-7-5-8-14-21)22-15-9-6-10-16-22/h5-18,20,24,26-29H,19H2,1-4H3/t24-,26+,27-,28+,29-/m1/s1. The topological polar surface area (TPSA) is 40.2 Å². The molecule has 3 aliphatic rings. The SMILES string of the molecule is CC(C)N1C[C@H]2O[C@@H]3OC(C)(C)O[C@@H]3[C@H]2O[C@H]1c1ccccc1P(c1ccccc1)c1ccccc1. The molecule has 0 radical (unpaired) electrons. The third kappa shape index (κ3) is 4.43. The maximum absolute atomic E-state index is 6.95. The molecule has 188 valence electrons. The van der Waals surface area contributed by atoms with Gasteiger partial charge in [-0.3, -0.25) is 4.90 Å². The molecule has 0 spiro atoms. The van der Waals surface area contributed by atoms with Crippen LogP contribution in [-0.2, 0) is 18.9 Å². The van der Waals surface area contributed by atoms with Crippen LogP contribution in [0.3, 0.4) is 0 Å². The van der Waals surface area contributed by atoms with Crippen molar-refractivity contribution in [2.24, 2.45) is 0 Å². The molecule has 0 unspecified atom stereocenters. The monoisotopic (exact) mass is 503 g/mol. The average Bonchev–Trinajstić information content (AvgIpc) is 3.36. The van der Waals surface area contributed by atoms with Crippen molar-refractivity contribution in [3.8, 4) is 0 Å². The van der Waals surface area contributed by atoms with Crippen molar-refractivity contribution < 1.29 is 18.9 Å². The van der Waals surface area contributed by atoms with Crippen molar-refractivity contribution in [3.05, 3.63) is 90.5 Å². The molecule has 6 heteroatoms. The highest BCUT2D eigenvalue weighted by Crippen LogP contribution is 2.45. The van der Waals surface area contributed by atoms with E-state index >= 15 is 0 Å². The van der Waals surface area contributed by atoms with Crippen molar-refractivity contribution in [3.63, 3.8) is 0 Å². The summed E-state index contributed by atoms with van der Waals surface area (Å²) in [7, 11) is -0.764. The van der Waals surface area contributed by atoms with Gasteiger partial charge >= 0.3 is 0 Å². The van der Waals surface area contributed by atoms with Crippen LogP contribution < -0.4 is 15.9 Å². The smallest absolute Gasteiger partial charge is 0.190 e. The summed E-state index contributed by atoms with van der Waals surface area (Å²) in [4.78, 5) is 2.41. The summed E-state index contributed by atoms with van der Waals surface area (Å²) < 4.78 is 25.5. The van der Waals surface area contributed by atoms with Crippen LogP contribution in [0.15, 0.2) is 84.9 Å². The summed E-state index contributed by atoms with van der Waals surface area (Å²) in [6.45, 7) is 9.10. The second-order valence-electron chi connectivity index (χ2n) is 10.5. The highest BCUT2D eigenvalue weighted by Gasteiger charge is 2.58. The molecular formula is C30H34NO4P. The number of hydrogen-bond acceptors (Lipinski definition) is 5. The fourth-order valence-electron chi connectivity index (χ4n) is 5.60. The molecule has 3 aromatic carbocycles. The Morgan fingerprint density at radius 3 is 2.03 bits per heavy atom. The molecule has 0 saturated carbocycles. The Bertz CT molecular complexity index is 1150. The number of ether oxygens (including phenoxy) is 4. The third-order valence-electron chi connectivity index (χ3n) is 7.20. The first-order valence-electron chi connectivity index (χ1n) is 12.8. The molecule has 3 aliphatic heterocycles. The van der Waals surface area contributed by atoms with Crippen molar-refractivity contribution in [2.45, 2.75) is 70.4 Å². The molecule has 3 fully saturated rings. The fraction of sp³-hybridized carbons (Fsp3) is 0.400. The van der Waals surface area contributed by atoms with Gasteiger partial charge in [-0.1, -0.05) is 84.9 Å². The average molecular weight is 504 g/mol. The van der Waals surface area contributed by atoms with E-state index in [1.54, 1.807) is 0 Å². The van der Waals surface area contributed by atoms with Crippen molar-refractivity contribution in [2.75, 3.05) is 6.54 Å². The normalized spacial score (nSPS) is 29.4. The predicted molar refractivity (Wildman–Crippen MR) is 143 cm³/mol. The highest BCUT2D eigenvalue weighted by molar-refractivity contribution is 7.79. The van der Waals surface area contributed by atoms with Gasteiger partial charge in [0.1, 0.15) is 24.5 Å². The maximum atomic E-state index is 6.95. The molecule has 0 amide bonds. The molecule has 0 aliphatic carbocycles. The highest BCUT2D eigenvalue weighted by atomic mass is 31.1. The van der Waals surface area contributed by atoms with Gasteiger partial charge in [0.05, 0.1) is 0 Å². The van der Waals surface area contributed by atoms with E-state index in [1.165, 1.54) is 21.5 Å². The zero-order chi connectivity index (χ0) is 24.9. The number of rotatable bonds is 5. The van der Waals surface area contributed by atoms with E-state index in [9.17, 15) is 0 Å².